The lowest BCUT2D eigenvalue weighted by molar-refractivity contribution is -0.148. The van der Waals surface area contributed by atoms with E-state index in [4.69, 9.17) is 14.0 Å². The fraction of sp³-hybridized carbons (Fsp3) is 0.722. The van der Waals surface area contributed by atoms with Crippen molar-refractivity contribution in [2.24, 2.45) is 11.3 Å². The first-order chi connectivity index (χ1) is 14.2. The molecular weight excluding hydrogens is 433 g/mol. The molecule has 12 nitrogen and oxygen atoms in total. The molecule has 1 fully saturated rings. The molecule has 1 unspecified atom stereocenters. The van der Waals surface area contributed by atoms with Crippen LogP contribution in [0, 0.1) is 11.3 Å². The lowest BCUT2D eigenvalue weighted by Crippen LogP contribution is -2.36. The molecule has 0 aromatic carbocycles. The Hall–Kier alpha value is -1.82. The number of hydrogen-bond acceptors (Lipinski definition) is 8. The summed E-state index contributed by atoms with van der Waals surface area (Å²) in [5, 5.41) is 12.6. The highest BCUT2D eigenvalue weighted by atomic mass is 31.2. The van der Waals surface area contributed by atoms with Crippen LogP contribution in [0.25, 0.3) is 0 Å². The van der Waals surface area contributed by atoms with Gasteiger partial charge >= 0.3 is 19.4 Å². The molecule has 2 rings (SSSR count). The molecule has 2 heterocycles. The molecular formula is C18H30N3O9P. The molecule has 176 valence electrons. The SMILES string of the molecule is C[C@H]1[C@H](O)[C@@H](COP(=O)(O)N[C@@H](C)C(=O)OCC(C)(C)C)O[C@H]1n1ccc(=O)[nH]c1=O. The summed E-state index contributed by atoms with van der Waals surface area (Å²) in [6, 6.07) is 0.0265. The number of nitrogens with zero attached hydrogens (tertiary/aromatic N) is 1. The predicted molar refractivity (Wildman–Crippen MR) is 109 cm³/mol. The fourth-order valence-corrected chi connectivity index (χ4v) is 3.92. The van der Waals surface area contributed by atoms with Crippen LogP contribution in [0.1, 0.15) is 40.8 Å². The zero-order chi connectivity index (χ0) is 23.6. The van der Waals surface area contributed by atoms with Crippen molar-refractivity contribution >= 4 is 13.7 Å². The number of H-pyrrole nitrogens is 1. The largest absolute Gasteiger partial charge is 0.464 e. The van der Waals surface area contributed by atoms with E-state index in [0.29, 0.717) is 0 Å². The average molecular weight is 463 g/mol. The second kappa shape index (κ2) is 9.76. The number of aliphatic hydroxyl groups excluding tert-OH is 1. The van der Waals surface area contributed by atoms with Crippen molar-refractivity contribution in [1.29, 1.82) is 0 Å². The Morgan fingerprint density at radius 1 is 1.42 bits per heavy atom. The van der Waals surface area contributed by atoms with E-state index in [0.717, 1.165) is 10.6 Å². The summed E-state index contributed by atoms with van der Waals surface area (Å²) < 4.78 is 29.1. The van der Waals surface area contributed by atoms with Crippen LogP contribution >= 0.6 is 7.75 Å². The standard InChI is InChI=1S/C18H30N3O9P/c1-10-14(23)12(30-15(10)21-7-6-13(22)19-17(21)25)8-29-31(26,27)20-11(2)16(24)28-9-18(3,4)5/h6-7,10-12,14-15,23H,8-9H2,1-5H3,(H,19,22,25)(H2,20,26,27)/t10-,11-,12+,14-,15+/m0/s1. The maximum atomic E-state index is 12.3. The van der Waals surface area contributed by atoms with E-state index in [1.54, 1.807) is 6.92 Å². The molecule has 1 aromatic heterocycles. The molecule has 0 saturated carbocycles. The summed E-state index contributed by atoms with van der Waals surface area (Å²) in [5.74, 6) is -1.29. The van der Waals surface area contributed by atoms with E-state index in [1.165, 1.54) is 13.1 Å². The van der Waals surface area contributed by atoms with Gasteiger partial charge in [0, 0.05) is 18.2 Å². The maximum absolute atomic E-state index is 12.3. The number of aliphatic hydroxyl groups is 1. The molecule has 31 heavy (non-hydrogen) atoms. The summed E-state index contributed by atoms with van der Waals surface area (Å²) >= 11 is 0. The molecule has 1 saturated heterocycles. The third-order valence-corrected chi connectivity index (χ3v) is 5.79. The number of aromatic nitrogens is 2. The van der Waals surface area contributed by atoms with Gasteiger partial charge in [0.2, 0.25) is 0 Å². The third kappa shape index (κ3) is 7.09. The topological polar surface area (TPSA) is 169 Å². The van der Waals surface area contributed by atoms with Crippen molar-refractivity contribution in [2.45, 2.75) is 59.1 Å². The highest BCUT2D eigenvalue weighted by Crippen LogP contribution is 2.40. The zero-order valence-electron chi connectivity index (χ0n) is 18.1. The molecule has 0 radical (unpaired) electrons. The van der Waals surface area contributed by atoms with Crippen LogP contribution < -0.4 is 16.3 Å². The predicted octanol–water partition coefficient (Wildman–Crippen LogP) is 0.115. The van der Waals surface area contributed by atoms with Gasteiger partial charge in [-0.2, -0.15) is 0 Å². The van der Waals surface area contributed by atoms with Gasteiger partial charge in [-0.3, -0.25) is 23.7 Å². The number of aromatic amines is 1. The van der Waals surface area contributed by atoms with Gasteiger partial charge in [-0.15, -0.1) is 0 Å². The first-order valence-electron chi connectivity index (χ1n) is 9.77. The van der Waals surface area contributed by atoms with Gasteiger partial charge in [0.05, 0.1) is 19.3 Å². The van der Waals surface area contributed by atoms with Crippen LogP contribution in [-0.4, -0.2) is 57.0 Å². The lowest BCUT2D eigenvalue weighted by Gasteiger charge is -2.22. The second-order valence-electron chi connectivity index (χ2n) is 8.77. The Balaban J connectivity index is 1.95. The number of hydrogen-bond donors (Lipinski definition) is 4. The number of ether oxygens (including phenoxy) is 2. The summed E-state index contributed by atoms with van der Waals surface area (Å²) in [6.45, 7) is 8.27. The van der Waals surface area contributed by atoms with Crippen LogP contribution in [0.4, 0.5) is 0 Å². The summed E-state index contributed by atoms with van der Waals surface area (Å²) in [7, 11) is -4.43. The average Bonchev–Trinajstić information content (AvgIpc) is 2.92. The van der Waals surface area contributed by atoms with Gasteiger partial charge in [0.15, 0.2) is 0 Å². The van der Waals surface area contributed by atoms with Crippen LogP contribution in [-0.2, 0) is 23.4 Å². The van der Waals surface area contributed by atoms with Gasteiger partial charge in [-0.25, -0.2) is 14.4 Å². The normalized spacial score (nSPS) is 26.9. The Bertz CT molecular complexity index is 938. The quantitative estimate of drug-likeness (QED) is 0.307. The smallest absolute Gasteiger partial charge is 0.403 e. The van der Waals surface area contributed by atoms with Crippen molar-refractivity contribution in [3.05, 3.63) is 33.1 Å². The molecule has 0 amide bonds. The van der Waals surface area contributed by atoms with Crippen LogP contribution in [0.3, 0.4) is 0 Å². The molecule has 1 aliphatic heterocycles. The minimum atomic E-state index is -4.43. The maximum Gasteiger partial charge on any atom is 0.403 e. The Morgan fingerprint density at radius 2 is 2.06 bits per heavy atom. The van der Waals surface area contributed by atoms with E-state index in [9.17, 15) is 28.9 Å². The monoisotopic (exact) mass is 463 g/mol. The van der Waals surface area contributed by atoms with Crippen LogP contribution in [0.15, 0.2) is 21.9 Å². The van der Waals surface area contributed by atoms with Crippen LogP contribution in [0.5, 0.6) is 0 Å². The molecule has 1 aromatic rings. The van der Waals surface area contributed by atoms with E-state index >= 15 is 0 Å². The third-order valence-electron chi connectivity index (χ3n) is 4.58. The zero-order valence-corrected chi connectivity index (χ0v) is 19.0. The number of nitrogens with one attached hydrogen (secondary N) is 2. The second-order valence-corrected chi connectivity index (χ2v) is 10.3. The van der Waals surface area contributed by atoms with Gasteiger partial charge in [-0.05, 0) is 12.3 Å². The van der Waals surface area contributed by atoms with Gasteiger partial charge in [0.1, 0.15) is 18.4 Å². The first-order valence-corrected chi connectivity index (χ1v) is 11.3. The van der Waals surface area contributed by atoms with Crippen molar-refractivity contribution in [3.63, 3.8) is 0 Å². The summed E-state index contributed by atoms with van der Waals surface area (Å²) in [4.78, 5) is 47.3. The highest BCUT2D eigenvalue weighted by molar-refractivity contribution is 7.50. The number of rotatable bonds is 8. The summed E-state index contributed by atoms with van der Waals surface area (Å²) in [5.41, 5.74) is -1.55. The molecule has 0 spiro atoms. The van der Waals surface area contributed by atoms with Crippen LogP contribution in [0.2, 0.25) is 0 Å². The van der Waals surface area contributed by atoms with Gasteiger partial charge in [0.25, 0.3) is 5.56 Å². The molecule has 6 atom stereocenters. The van der Waals surface area contributed by atoms with E-state index < -0.39 is 62.0 Å². The molecule has 13 heteroatoms. The van der Waals surface area contributed by atoms with Gasteiger partial charge < -0.3 is 19.5 Å². The molecule has 0 bridgehead atoms. The number of esters is 1. The molecule has 1 aliphatic rings. The van der Waals surface area contributed by atoms with Gasteiger partial charge in [-0.1, -0.05) is 27.7 Å². The van der Waals surface area contributed by atoms with E-state index in [-0.39, 0.29) is 12.0 Å². The molecule has 0 aliphatic carbocycles. The minimum absolute atomic E-state index is 0.139. The Kier molecular flexibility index (Phi) is 8.01. The number of carbonyl (C=O) groups excluding carboxylic acids is 1. The number of carbonyl (C=O) groups is 1. The summed E-state index contributed by atoms with van der Waals surface area (Å²) in [6.07, 6.45) is -1.81. The van der Waals surface area contributed by atoms with Crippen molar-refractivity contribution in [2.75, 3.05) is 13.2 Å². The van der Waals surface area contributed by atoms with E-state index in [2.05, 4.69) is 10.1 Å². The Morgan fingerprint density at radius 3 is 2.65 bits per heavy atom. The lowest BCUT2D eigenvalue weighted by atomic mass is 9.99. The van der Waals surface area contributed by atoms with Crippen molar-refractivity contribution in [3.8, 4) is 0 Å². The minimum Gasteiger partial charge on any atom is -0.464 e. The van der Waals surface area contributed by atoms with Crippen molar-refractivity contribution < 1.29 is 33.4 Å². The highest BCUT2D eigenvalue weighted by Gasteiger charge is 2.43. The fourth-order valence-electron chi connectivity index (χ4n) is 2.90. The van der Waals surface area contributed by atoms with Crippen molar-refractivity contribution in [1.82, 2.24) is 14.6 Å². The first kappa shape index (κ1) is 25.4. The Labute approximate surface area is 179 Å². The van der Waals surface area contributed by atoms with E-state index in [1.807, 2.05) is 20.8 Å². The molecule has 4 N–H and O–H groups in total.